The summed E-state index contributed by atoms with van der Waals surface area (Å²) in [5.74, 6) is 0. The molecular weight excluding hydrogens is 384 g/mol. The van der Waals surface area contributed by atoms with Gasteiger partial charge in [0.25, 0.3) is 0 Å². The lowest BCUT2D eigenvalue weighted by Gasteiger charge is -2.21. The summed E-state index contributed by atoms with van der Waals surface area (Å²) in [5, 5.41) is 2.63. The van der Waals surface area contributed by atoms with Crippen LogP contribution in [0.2, 0.25) is 0 Å². The standard InChI is InChI=1S/C32H28/c1-21-9-5-13-25(17-21)29-20-28-16-8-12-24(4)30(28)32(27-15-7-11-23(3)19-27)31(29)26-14-6-10-22(2)18-26/h5-20H,1-4H3. The number of fused-ring (bicyclic) bond motifs is 1. The highest BCUT2D eigenvalue weighted by Gasteiger charge is 2.19. The van der Waals surface area contributed by atoms with Crippen molar-refractivity contribution in [2.45, 2.75) is 27.7 Å². The minimum Gasteiger partial charge on any atom is -0.0614 e. The topological polar surface area (TPSA) is 0 Å². The van der Waals surface area contributed by atoms with Crippen LogP contribution >= 0.6 is 0 Å². The van der Waals surface area contributed by atoms with Gasteiger partial charge in [0.1, 0.15) is 0 Å². The summed E-state index contributed by atoms with van der Waals surface area (Å²) in [7, 11) is 0. The highest BCUT2D eigenvalue weighted by atomic mass is 14.2. The van der Waals surface area contributed by atoms with E-state index in [-0.39, 0.29) is 0 Å². The summed E-state index contributed by atoms with van der Waals surface area (Å²) in [4.78, 5) is 0. The molecule has 0 aliphatic rings. The molecule has 0 heteroatoms. The first-order valence-corrected chi connectivity index (χ1v) is 11.3. The lowest BCUT2D eigenvalue weighted by molar-refractivity contribution is 1.44. The predicted molar refractivity (Wildman–Crippen MR) is 139 cm³/mol. The molecule has 0 radical (unpaired) electrons. The first-order chi connectivity index (χ1) is 15.5. The van der Waals surface area contributed by atoms with Crippen LogP contribution in [0.4, 0.5) is 0 Å². The first kappa shape index (κ1) is 20.3. The van der Waals surface area contributed by atoms with Gasteiger partial charge < -0.3 is 0 Å². The molecule has 5 rings (SSSR count). The van der Waals surface area contributed by atoms with E-state index in [4.69, 9.17) is 0 Å². The van der Waals surface area contributed by atoms with Gasteiger partial charge in [-0.3, -0.25) is 0 Å². The Bertz CT molecular complexity index is 1450. The lowest BCUT2D eigenvalue weighted by Crippen LogP contribution is -1.95. The zero-order valence-electron chi connectivity index (χ0n) is 19.2. The summed E-state index contributed by atoms with van der Waals surface area (Å²) >= 11 is 0. The Hall–Kier alpha value is -3.64. The van der Waals surface area contributed by atoms with Gasteiger partial charge in [-0.1, -0.05) is 108 Å². The maximum absolute atomic E-state index is 2.38. The highest BCUT2D eigenvalue weighted by molar-refractivity contribution is 6.11. The molecule has 0 heterocycles. The van der Waals surface area contributed by atoms with Crippen LogP contribution in [-0.2, 0) is 0 Å². The van der Waals surface area contributed by atoms with Gasteiger partial charge in [0.2, 0.25) is 0 Å². The van der Waals surface area contributed by atoms with Crippen LogP contribution in [0.5, 0.6) is 0 Å². The van der Waals surface area contributed by atoms with Crippen LogP contribution < -0.4 is 0 Å². The third kappa shape index (κ3) is 3.63. The third-order valence-electron chi connectivity index (χ3n) is 6.32. The number of hydrogen-bond donors (Lipinski definition) is 0. The predicted octanol–water partition coefficient (Wildman–Crippen LogP) is 9.07. The van der Waals surface area contributed by atoms with Gasteiger partial charge in [0.05, 0.1) is 0 Å². The number of hydrogen-bond acceptors (Lipinski definition) is 0. The average Bonchev–Trinajstić information content (AvgIpc) is 2.78. The van der Waals surface area contributed by atoms with E-state index < -0.39 is 0 Å². The van der Waals surface area contributed by atoms with Crippen LogP contribution in [0.1, 0.15) is 22.3 Å². The largest absolute Gasteiger partial charge is 0.0614 e. The number of rotatable bonds is 3. The second-order valence-electron chi connectivity index (χ2n) is 8.96. The zero-order valence-corrected chi connectivity index (χ0v) is 19.2. The normalized spacial score (nSPS) is 11.1. The maximum Gasteiger partial charge on any atom is -0.00178 e. The third-order valence-corrected chi connectivity index (χ3v) is 6.32. The van der Waals surface area contributed by atoms with Crippen LogP contribution in [0.25, 0.3) is 44.2 Å². The summed E-state index contributed by atoms with van der Waals surface area (Å²) < 4.78 is 0. The molecule has 0 bridgehead atoms. The summed E-state index contributed by atoms with van der Waals surface area (Å²) in [6.45, 7) is 8.75. The second-order valence-corrected chi connectivity index (χ2v) is 8.96. The zero-order chi connectivity index (χ0) is 22.2. The molecule has 0 aliphatic carbocycles. The van der Waals surface area contributed by atoms with Crippen molar-refractivity contribution in [2.24, 2.45) is 0 Å². The van der Waals surface area contributed by atoms with E-state index in [0.717, 1.165) is 0 Å². The molecule has 0 unspecified atom stereocenters. The summed E-state index contributed by atoms with van der Waals surface area (Å²) in [5.41, 5.74) is 12.9. The molecule has 0 N–H and O–H groups in total. The Labute approximate surface area is 191 Å². The Morgan fingerprint density at radius 2 is 0.938 bits per heavy atom. The average molecular weight is 413 g/mol. The van der Waals surface area contributed by atoms with Crippen molar-refractivity contribution in [1.29, 1.82) is 0 Å². The van der Waals surface area contributed by atoms with Crippen LogP contribution in [0.15, 0.2) is 97.1 Å². The molecule has 32 heavy (non-hydrogen) atoms. The molecule has 0 spiro atoms. The molecule has 0 atom stereocenters. The monoisotopic (exact) mass is 412 g/mol. The van der Waals surface area contributed by atoms with E-state index in [1.165, 1.54) is 66.4 Å². The molecular formula is C32H28. The van der Waals surface area contributed by atoms with Crippen LogP contribution in [-0.4, -0.2) is 0 Å². The van der Waals surface area contributed by atoms with E-state index in [0.29, 0.717) is 0 Å². The van der Waals surface area contributed by atoms with Gasteiger partial charge in [0, 0.05) is 0 Å². The van der Waals surface area contributed by atoms with Gasteiger partial charge in [-0.2, -0.15) is 0 Å². The van der Waals surface area contributed by atoms with Gasteiger partial charge in [-0.05, 0) is 83.5 Å². The van der Waals surface area contributed by atoms with Crippen molar-refractivity contribution < 1.29 is 0 Å². The second kappa shape index (κ2) is 8.13. The molecule has 0 aliphatic heterocycles. The number of benzene rings is 5. The SMILES string of the molecule is Cc1cccc(-c2cc3cccc(C)c3c(-c3cccc(C)c3)c2-c2cccc(C)c2)c1. The molecule has 156 valence electrons. The molecule has 0 saturated heterocycles. The van der Waals surface area contributed by atoms with Gasteiger partial charge in [0.15, 0.2) is 0 Å². The molecule has 0 fully saturated rings. The lowest BCUT2D eigenvalue weighted by atomic mass is 9.82. The Morgan fingerprint density at radius 1 is 0.438 bits per heavy atom. The van der Waals surface area contributed by atoms with Crippen molar-refractivity contribution in [3.05, 3.63) is 119 Å². The van der Waals surface area contributed by atoms with Crippen molar-refractivity contribution in [3.8, 4) is 33.4 Å². The molecule has 0 nitrogen and oxygen atoms in total. The fourth-order valence-corrected chi connectivity index (χ4v) is 4.87. The maximum atomic E-state index is 2.38. The van der Waals surface area contributed by atoms with Crippen molar-refractivity contribution in [1.82, 2.24) is 0 Å². The fourth-order valence-electron chi connectivity index (χ4n) is 4.87. The number of aryl methyl sites for hydroxylation is 4. The van der Waals surface area contributed by atoms with Gasteiger partial charge in [-0.25, -0.2) is 0 Å². The Balaban J connectivity index is 2.01. The van der Waals surface area contributed by atoms with Gasteiger partial charge in [-0.15, -0.1) is 0 Å². The Kier molecular flexibility index (Phi) is 5.15. The van der Waals surface area contributed by atoms with Crippen molar-refractivity contribution in [2.75, 3.05) is 0 Å². The summed E-state index contributed by atoms with van der Waals surface area (Å²) in [6, 6.07) is 35.8. The Morgan fingerprint density at radius 3 is 1.53 bits per heavy atom. The van der Waals surface area contributed by atoms with E-state index in [2.05, 4.69) is 125 Å². The molecule has 0 saturated carbocycles. The van der Waals surface area contributed by atoms with Crippen LogP contribution in [0, 0.1) is 27.7 Å². The molecule has 5 aromatic rings. The highest BCUT2D eigenvalue weighted by Crippen LogP contribution is 2.46. The van der Waals surface area contributed by atoms with E-state index in [1.54, 1.807) is 0 Å². The summed E-state index contributed by atoms with van der Waals surface area (Å²) in [6.07, 6.45) is 0. The minimum atomic E-state index is 1.26. The molecule has 0 aromatic heterocycles. The van der Waals surface area contributed by atoms with E-state index in [1.807, 2.05) is 0 Å². The fraction of sp³-hybridized carbons (Fsp3) is 0.125. The quantitative estimate of drug-likeness (QED) is 0.277. The van der Waals surface area contributed by atoms with E-state index >= 15 is 0 Å². The van der Waals surface area contributed by atoms with Crippen molar-refractivity contribution >= 4 is 10.8 Å². The van der Waals surface area contributed by atoms with Crippen molar-refractivity contribution in [3.63, 3.8) is 0 Å². The molecule has 5 aromatic carbocycles. The van der Waals surface area contributed by atoms with E-state index in [9.17, 15) is 0 Å². The molecule has 0 amide bonds. The van der Waals surface area contributed by atoms with Gasteiger partial charge >= 0.3 is 0 Å². The first-order valence-electron chi connectivity index (χ1n) is 11.3. The van der Waals surface area contributed by atoms with Crippen LogP contribution in [0.3, 0.4) is 0 Å². The minimum absolute atomic E-state index is 1.26. The smallest absolute Gasteiger partial charge is 0.00178 e.